The molecule has 0 bridgehead atoms. The fraction of sp³-hybridized carbons (Fsp3) is 0.682. The van der Waals surface area contributed by atoms with Crippen molar-refractivity contribution in [1.29, 1.82) is 0 Å². The van der Waals surface area contributed by atoms with Gasteiger partial charge in [-0.15, -0.1) is 0 Å². The Morgan fingerprint density at radius 2 is 1.89 bits per heavy atom. The van der Waals surface area contributed by atoms with Gasteiger partial charge in [0.15, 0.2) is 0 Å². The van der Waals surface area contributed by atoms with Gasteiger partial charge in [0.2, 0.25) is 5.91 Å². The lowest BCUT2D eigenvalue weighted by atomic mass is 9.95. The summed E-state index contributed by atoms with van der Waals surface area (Å²) in [6.45, 7) is 6.17. The molecule has 2 rings (SSSR count). The molecule has 3 amide bonds. The van der Waals surface area contributed by atoms with Gasteiger partial charge in [-0.05, 0) is 43.7 Å². The number of pyridine rings is 1. The van der Waals surface area contributed by atoms with Gasteiger partial charge >= 0.3 is 6.03 Å². The summed E-state index contributed by atoms with van der Waals surface area (Å²) in [7, 11) is 0. The number of urea groups is 1. The average molecular weight is 389 g/mol. The Labute approximate surface area is 169 Å². The summed E-state index contributed by atoms with van der Waals surface area (Å²) < 4.78 is 0. The number of hydrogen-bond donors (Lipinski definition) is 2. The van der Waals surface area contributed by atoms with E-state index in [1.165, 1.54) is 19.3 Å². The number of carbonyl (C=O) groups is 2. The molecule has 1 atom stereocenters. The second kappa shape index (κ2) is 12.4. The van der Waals surface area contributed by atoms with Gasteiger partial charge in [0.1, 0.15) is 0 Å². The van der Waals surface area contributed by atoms with E-state index in [0.717, 1.165) is 44.3 Å². The van der Waals surface area contributed by atoms with E-state index in [9.17, 15) is 9.59 Å². The molecule has 1 aliphatic carbocycles. The van der Waals surface area contributed by atoms with Crippen LogP contribution >= 0.6 is 0 Å². The molecule has 1 heterocycles. The SMILES string of the molecule is CCCN(CCC)C(=O)C(CCNC(=O)NC1CCCCC1)c1cccnc1. The van der Waals surface area contributed by atoms with Crippen molar-refractivity contribution in [2.75, 3.05) is 19.6 Å². The number of hydrogen-bond acceptors (Lipinski definition) is 3. The number of amides is 3. The third-order valence-corrected chi connectivity index (χ3v) is 5.34. The lowest BCUT2D eigenvalue weighted by Crippen LogP contribution is -2.44. The highest BCUT2D eigenvalue weighted by molar-refractivity contribution is 5.83. The Morgan fingerprint density at radius 3 is 2.50 bits per heavy atom. The van der Waals surface area contributed by atoms with Crippen molar-refractivity contribution in [2.45, 2.75) is 77.2 Å². The van der Waals surface area contributed by atoms with Crippen molar-refractivity contribution < 1.29 is 9.59 Å². The minimum absolute atomic E-state index is 0.122. The second-order valence-corrected chi connectivity index (χ2v) is 7.69. The van der Waals surface area contributed by atoms with Gasteiger partial charge in [0.05, 0.1) is 5.92 Å². The lowest BCUT2D eigenvalue weighted by Gasteiger charge is -2.27. The fourth-order valence-electron chi connectivity index (χ4n) is 3.92. The van der Waals surface area contributed by atoms with Crippen LogP contribution in [0.3, 0.4) is 0 Å². The summed E-state index contributed by atoms with van der Waals surface area (Å²) in [5, 5.41) is 6.01. The van der Waals surface area contributed by atoms with Gasteiger partial charge in [0.25, 0.3) is 0 Å². The van der Waals surface area contributed by atoms with E-state index in [2.05, 4.69) is 29.5 Å². The summed E-state index contributed by atoms with van der Waals surface area (Å²) in [5.74, 6) is -0.145. The molecule has 1 aliphatic rings. The van der Waals surface area contributed by atoms with Crippen LogP contribution < -0.4 is 10.6 Å². The summed E-state index contributed by atoms with van der Waals surface area (Å²) in [6, 6.07) is 3.98. The molecule has 0 aromatic carbocycles. The highest BCUT2D eigenvalue weighted by Crippen LogP contribution is 2.22. The monoisotopic (exact) mass is 388 g/mol. The van der Waals surface area contributed by atoms with E-state index in [4.69, 9.17) is 0 Å². The first-order valence-electron chi connectivity index (χ1n) is 10.9. The van der Waals surface area contributed by atoms with Crippen LogP contribution in [0.5, 0.6) is 0 Å². The number of carbonyl (C=O) groups excluding carboxylic acids is 2. The Morgan fingerprint density at radius 1 is 1.18 bits per heavy atom. The second-order valence-electron chi connectivity index (χ2n) is 7.69. The summed E-state index contributed by atoms with van der Waals surface area (Å²) in [4.78, 5) is 31.5. The minimum Gasteiger partial charge on any atom is -0.342 e. The van der Waals surface area contributed by atoms with Crippen molar-refractivity contribution in [2.24, 2.45) is 0 Å². The molecule has 1 aromatic rings. The van der Waals surface area contributed by atoms with Crippen LogP contribution in [-0.4, -0.2) is 47.5 Å². The van der Waals surface area contributed by atoms with Gasteiger partial charge in [-0.2, -0.15) is 0 Å². The molecule has 156 valence electrons. The number of nitrogens with one attached hydrogen (secondary N) is 2. The average Bonchev–Trinajstić information content (AvgIpc) is 2.72. The molecule has 0 saturated heterocycles. The molecule has 1 saturated carbocycles. The molecule has 1 fully saturated rings. The third kappa shape index (κ3) is 7.13. The number of nitrogens with zero attached hydrogens (tertiary/aromatic N) is 2. The quantitative estimate of drug-likeness (QED) is 0.639. The van der Waals surface area contributed by atoms with Crippen molar-refractivity contribution >= 4 is 11.9 Å². The predicted octanol–water partition coefficient (Wildman–Crippen LogP) is 3.84. The van der Waals surface area contributed by atoms with Crippen LogP contribution in [0.4, 0.5) is 4.79 Å². The molecule has 1 unspecified atom stereocenters. The number of rotatable bonds is 10. The normalized spacial score (nSPS) is 15.6. The molecule has 2 N–H and O–H groups in total. The van der Waals surface area contributed by atoms with Crippen LogP contribution in [-0.2, 0) is 4.79 Å². The molecule has 1 aromatic heterocycles. The van der Waals surface area contributed by atoms with Crippen molar-refractivity contribution in [3.63, 3.8) is 0 Å². The maximum absolute atomic E-state index is 13.2. The Bertz CT molecular complexity index is 581. The first-order chi connectivity index (χ1) is 13.7. The van der Waals surface area contributed by atoms with E-state index in [-0.39, 0.29) is 23.9 Å². The molecule has 0 aliphatic heterocycles. The van der Waals surface area contributed by atoms with Crippen LogP contribution in [0.1, 0.15) is 76.7 Å². The largest absolute Gasteiger partial charge is 0.342 e. The molecule has 0 spiro atoms. The standard InChI is InChI=1S/C22H36N4O2/c1-3-15-26(16-4-2)21(27)20(18-9-8-13-23-17-18)12-14-24-22(28)25-19-10-6-5-7-11-19/h8-9,13,17,19-20H,3-7,10-12,14-16H2,1-2H3,(H2,24,25,28). The Balaban J connectivity index is 1.94. The highest BCUT2D eigenvalue weighted by Gasteiger charge is 2.25. The number of aromatic nitrogens is 1. The van der Waals surface area contributed by atoms with Gasteiger partial charge < -0.3 is 15.5 Å². The molecular weight excluding hydrogens is 352 g/mol. The van der Waals surface area contributed by atoms with Crippen molar-refractivity contribution in [3.8, 4) is 0 Å². The Kier molecular flexibility index (Phi) is 9.80. The molecule has 28 heavy (non-hydrogen) atoms. The van der Waals surface area contributed by atoms with Crippen molar-refractivity contribution in [3.05, 3.63) is 30.1 Å². The lowest BCUT2D eigenvalue weighted by molar-refractivity contribution is -0.133. The fourth-order valence-corrected chi connectivity index (χ4v) is 3.92. The highest BCUT2D eigenvalue weighted by atomic mass is 16.2. The first kappa shape index (κ1) is 22.2. The van der Waals surface area contributed by atoms with Gasteiger partial charge in [-0.25, -0.2) is 4.79 Å². The first-order valence-corrected chi connectivity index (χ1v) is 10.9. The predicted molar refractivity (Wildman–Crippen MR) is 112 cm³/mol. The van der Waals surface area contributed by atoms with E-state index in [0.29, 0.717) is 13.0 Å². The maximum Gasteiger partial charge on any atom is 0.315 e. The van der Waals surface area contributed by atoms with Gasteiger partial charge in [0, 0.05) is 38.1 Å². The van der Waals surface area contributed by atoms with E-state index < -0.39 is 0 Å². The molecular formula is C22H36N4O2. The molecule has 6 heteroatoms. The van der Waals surface area contributed by atoms with Crippen LogP contribution in [0.25, 0.3) is 0 Å². The molecule has 6 nitrogen and oxygen atoms in total. The maximum atomic E-state index is 13.2. The third-order valence-electron chi connectivity index (χ3n) is 5.34. The van der Waals surface area contributed by atoms with Crippen LogP contribution in [0.15, 0.2) is 24.5 Å². The zero-order valence-corrected chi connectivity index (χ0v) is 17.5. The Hall–Kier alpha value is -2.11. The zero-order chi connectivity index (χ0) is 20.2. The van der Waals surface area contributed by atoms with E-state index in [1.54, 1.807) is 12.4 Å². The van der Waals surface area contributed by atoms with E-state index >= 15 is 0 Å². The minimum atomic E-state index is -0.276. The summed E-state index contributed by atoms with van der Waals surface area (Å²) in [6.07, 6.45) is 11.7. The van der Waals surface area contributed by atoms with E-state index in [1.807, 2.05) is 17.0 Å². The van der Waals surface area contributed by atoms with Crippen LogP contribution in [0.2, 0.25) is 0 Å². The zero-order valence-electron chi connectivity index (χ0n) is 17.5. The van der Waals surface area contributed by atoms with Gasteiger partial charge in [-0.3, -0.25) is 9.78 Å². The summed E-state index contributed by atoms with van der Waals surface area (Å²) in [5.41, 5.74) is 0.916. The smallest absolute Gasteiger partial charge is 0.315 e. The molecule has 0 radical (unpaired) electrons. The topological polar surface area (TPSA) is 74.3 Å². The van der Waals surface area contributed by atoms with Crippen LogP contribution in [0, 0.1) is 0 Å². The van der Waals surface area contributed by atoms with Crippen molar-refractivity contribution in [1.82, 2.24) is 20.5 Å². The summed E-state index contributed by atoms with van der Waals surface area (Å²) >= 11 is 0. The van der Waals surface area contributed by atoms with Gasteiger partial charge in [-0.1, -0.05) is 39.2 Å².